The molecule has 0 radical (unpaired) electrons. The highest BCUT2D eigenvalue weighted by atomic mass is 32.1. The second kappa shape index (κ2) is 5.95. The predicted molar refractivity (Wildman–Crippen MR) is 78.8 cm³/mol. The zero-order valence-electron chi connectivity index (χ0n) is 11.5. The molecule has 1 aromatic rings. The minimum absolute atomic E-state index is 0.00377. The fourth-order valence-corrected chi connectivity index (χ4v) is 3.87. The Bertz CT molecular complexity index is 480. The van der Waals surface area contributed by atoms with Gasteiger partial charge in [-0.05, 0) is 37.1 Å². The van der Waals surface area contributed by atoms with Gasteiger partial charge in [0.25, 0.3) is 5.91 Å². The lowest BCUT2D eigenvalue weighted by Crippen LogP contribution is -2.48. The van der Waals surface area contributed by atoms with Crippen LogP contribution < -0.4 is 5.32 Å². The second-order valence-electron chi connectivity index (χ2n) is 5.62. The molecule has 2 heterocycles. The molecule has 1 saturated carbocycles. The van der Waals surface area contributed by atoms with E-state index in [2.05, 4.69) is 5.32 Å². The predicted octanol–water partition coefficient (Wildman–Crippen LogP) is 2.41. The Balaban J connectivity index is 1.65. The van der Waals surface area contributed by atoms with Crippen LogP contribution in [0.1, 0.15) is 48.2 Å². The molecule has 3 rings (SSSR count). The quantitative estimate of drug-likeness (QED) is 0.930. The monoisotopic (exact) mass is 292 g/mol. The average Bonchev–Trinajstić information content (AvgIpc) is 3.19. The number of thiophene rings is 1. The number of likely N-dealkylation sites (tertiary alicyclic amines) is 1. The van der Waals surface area contributed by atoms with E-state index in [9.17, 15) is 9.59 Å². The first-order chi connectivity index (χ1) is 9.75. The molecule has 2 aliphatic rings. The highest BCUT2D eigenvalue weighted by molar-refractivity contribution is 7.12. The zero-order valence-corrected chi connectivity index (χ0v) is 12.3. The third-order valence-corrected chi connectivity index (χ3v) is 5.11. The summed E-state index contributed by atoms with van der Waals surface area (Å²) in [7, 11) is 0. The standard InChI is InChI=1S/C15H20N2O2S/c18-14(16-11-5-1-2-6-11)12-7-3-9-17(12)15(19)13-8-4-10-20-13/h4,8,10-12H,1-3,5-7,9H2,(H,16,18)/t12-/m0/s1. The van der Waals surface area contributed by atoms with Crippen molar-refractivity contribution < 1.29 is 9.59 Å². The molecular formula is C15H20N2O2S. The summed E-state index contributed by atoms with van der Waals surface area (Å²) in [5, 5.41) is 5.02. The Hall–Kier alpha value is -1.36. The van der Waals surface area contributed by atoms with Gasteiger partial charge in [0, 0.05) is 12.6 Å². The van der Waals surface area contributed by atoms with Gasteiger partial charge >= 0.3 is 0 Å². The summed E-state index contributed by atoms with van der Waals surface area (Å²) in [6, 6.07) is 3.76. The summed E-state index contributed by atoms with van der Waals surface area (Å²) in [5.41, 5.74) is 0. The summed E-state index contributed by atoms with van der Waals surface area (Å²) in [4.78, 5) is 27.3. The van der Waals surface area contributed by atoms with Crippen molar-refractivity contribution in [1.29, 1.82) is 0 Å². The molecule has 0 unspecified atom stereocenters. The van der Waals surface area contributed by atoms with Crippen LogP contribution in [0.15, 0.2) is 17.5 Å². The first-order valence-electron chi connectivity index (χ1n) is 7.40. The fourth-order valence-electron chi connectivity index (χ4n) is 3.19. The zero-order chi connectivity index (χ0) is 13.9. The van der Waals surface area contributed by atoms with Gasteiger partial charge in [0.2, 0.25) is 5.91 Å². The van der Waals surface area contributed by atoms with Crippen LogP contribution in [-0.4, -0.2) is 35.3 Å². The summed E-state index contributed by atoms with van der Waals surface area (Å²) >= 11 is 1.44. The average molecular weight is 292 g/mol. The van der Waals surface area contributed by atoms with E-state index in [1.807, 2.05) is 17.5 Å². The second-order valence-corrected chi connectivity index (χ2v) is 6.57. The molecular weight excluding hydrogens is 272 g/mol. The van der Waals surface area contributed by atoms with Gasteiger partial charge in [-0.3, -0.25) is 9.59 Å². The number of hydrogen-bond acceptors (Lipinski definition) is 3. The van der Waals surface area contributed by atoms with Crippen molar-refractivity contribution in [1.82, 2.24) is 10.2 Å². The molecule has 5 heteroatoms. The smallest absolute Gasteiger partial charge is 0.264 e. The molecule has 0 bridgehead atoms. The van der Waals surface area contributed by atoms with Gasteiger partial charge in [0.1, 0.15) is 6.04 Å². The number of carbonyl (C=O) groups is 2. The lowest BCUT2D eigenvalue weighted by molar-refractivity contribution is -0.125. The molecule has 0 spiro atoms. The number of amides is 2. The van der Waals surface area contributed by atoms with E-state index in [4.69, 9.17) is 0 Å². The molecule has 4 nitrogen and oxygen atoms in total. The minimum Gasteiger partial charge on any atom is -0.352 e. The normalized spacial score (nSPS) is 23.2. The maximum absolute atomic E-state index is 12.4. The van der Waals surface area contributed by atoms with Crippen LogP contribution in [0, 0.1) is 0 Å². The fraction of sp³-hybridized carbons (Fsp3) is 0.600. The van der Waals surface area contributed by atoms with Crippen molar-refractivity contribution in [2.24, 2.45) is 0 Å². The maximum Gasteiger partial charge on any atom is 0.264 e. The Morgan fingerprint density at radius 2 is 2.00 bits per heavy atom. The SMILES string of the molecule is O=C(NC1CCCC1)[C@@H]1CCCN1C(=O)c1cccs1. The highest BCUT2D eigenvalue weighted by Crippen LogP contribution is 2.24. The van der Waals surface area contributed by atoms with E-state index < -0.39 is 0 Å². The van der Waals surface area contributed by atoms with Gasteiger partial charge in [-0.15, -0.1) is 11.3 Å². The number of hydrogen-bond donors (Lipinski definition) is 1. The number of nitrogens with zero attached hydrogens (tertiary/aromatic N) is 1. The summed E-state index contributed by atoms with van der Waals surface area (Å²) in [6.45, 7) is 0.694. The minimum atomic E-state index is -0.273. The number of nitrogens with one attached hydrogen (secondary N) is 1. The summed E-state index contributed by atoms with van der Waals surface area (Å²) < 4.78 is 0. The first-order valence-corrected chi connectivity index (χ1v) is 8.28. The molecule has 1 atom stereocenters. The van der Waals surface area contributed by atoms with Crippen LogP contribution in [0.5, 0.6) is 0 Å². The third kappa shape index (κ3) is 2.73. The first kappa shape index (κ1) is 13.6. The molecule has 108 valence electrons. The van der Waals surface area contributed by atoms with Gasteiger partial charge in [0.05, 0.1) is 4.88 Å². The molecule has 20 heavy (non-hydrogen) atoms. The van der Waals surface area contributed by atoms with E-state index >= 15 is 0 Å². The van der Waals surface area contributed by atoms with Crippen molar-refractivity contribution >= 4 is 23.2 Å². The lowest BCUT2D eigenvalue weighted by Gasteiger charge is -2.25. The molecule has 1 saturated heterocycles. The van der Waals surface area contributed by atoms with Crippen molar-refractivity contribution in [2.75, 3.05) is 6.54 Å². The Morgan fingerprint density at radius 1 is 1.20 bits per heavy atom. The lowest BCUT2D eigenvalue weighted by atomic mass is 10.1. The van der Waals surface area contributed by atoms with Crippen molar-refractivity contribution in [3.8, 4) is 0 Å². The molecule has 1 N–H and O–H groups in total. The van der Waals surface area contributed by atoms with Gasteiger partial charge < -0.3 is 10.2 Å². The van der Waals surface area contributed by atoms with Crippen LogP contribution in [0.4, 0.5) is 0 Å². The van der Waals surface area contributed by atoms with Crippen molar-refractivity contribution in [3.63, 3.8) is 0 Å². The van der Waals surface area contributed by atoms with E-state index in [-0.39, 0.29) is 17.9 Å². The largest absolute Gasteiger partial charge is 0.352 e. The van der Waals surface area contributed by atoms with E-state index in [0.29, 0.717) is 12.6 Å². The Labute approximate surface area is 123 Å². The van der Waals surface area contributed by atoms with Crippen molar-refractivity contribution in [2.45, 2.75) is 50.6 Å². The van der Waals surface area contributed by atoms with E-state index in [1.54, 1.807) is 4.90 Å². The summed E-state index contributed by atoms with van der Waals surface area (Å²) in [6.07, 6.45) is 6.27. The van der Waals surface area contributed by atoms with Crippen LogP contribution in [0.25, 0.3) is 0 Å². The van der Waals surface area contributed by atoms with Crippen molar-refractivity contribution in [3.05, 3.63) is 22.4 Å². The third-order valence-electron chi connectivity index (χ3n) is 4.25. The Morgan fingerprint density at radius 3 is 2.70 bits per heavy atom. The van der Waals surface area contributed by atoms with Gasteiger partial charge in [-0.25, -0.2) is 0 Å². The van der Waals surface area contributed by atoms with Gasteiger partial charge in [-0.2, -0.15) is 0 Å². The van der Waals surface area contributed by atoms with Crippen LogP contribution in [0.3, 0.4) is 0 Å². The number of rotatable bonds is 3. The molecule has 2 amide bonds. The van der Waals surface area contributed by atoms with Crippen LogP contribution >= 0.6 is 11.3 Å². The highest BCUT2D eigenvalue weighted by Gasteiger charge is 2.35. The maximum atomic E-state index is 12.4. The Kier molecular flexibility index (Phi) is 4.05. The van der Waals surface area contributed by atoms with Gasteiger partial charge in [-0.1, -0.05) is 18.9 Å². The molecule has 1 aromatic heterocycles. The van der Waals surface area contributed by atoms with Crippen LogP contribution in [0.2, 0.25) is 0 Å². The van der Waals surface area contributed by atoms with Crippen LogP contribution in [-0.2, 0) is 4.79 Å². The molecule has 2 fully saturated rings. The molecule has 0 aromatic carbocycles. The number of carbonyl (C=O) groups excluding carboxylic acids is 2. The topological polar surface area (TPSA) is 49.4 Å². The molecule has 1 aliphatic heterocycles. The summed E-state index contributed by atoms with van der Waals surface area (Å²) in [5.74, 6) is 0.0448. The van der Waals surface area contributed by atoms with E-state index in [0.717, 1.165) is 30.6 Å². The van der Waals surface area contributed by atoms with E-state index in [1.165, 1.54) is 24.2 Å². The molecule has 1 aliphatic carbocycles. The van der Waals surface area contributed by atoms with Gasteiger partial charge in [0.15, 0.2) is 0 Å².